The lowest BCUT2D eigenvalue weighted by atomic mass is 10.1. The average Bonchev–Trinajstić information content (AvgIpc) is 3.03. The lowest BCUT2D eigenvalue weighted by molar-refractivity contribution is 0.122. The minimum absolute atomic E-state index is 0.0706. The topological polar surface area (TPSA) is 76.5 Å². The van der Waals surface area contributed by atoms with Crippen LogP contribution in [-0.4, -0.2) is 56.8 Å². The van der Waals surface area contributed by atoms with Crippen molar-refractivity contribution in [2.45, 2.75) is 31.2 Å². The molecular formula is C20H30N4O3S. The molecule has 154 valence electrons. The number of ether oxygens (including phenoxy) is 1. The number of anilines is 1. The van der Waals surface area contributed by atoms with Crippen molar-refractivity contribution in [3.8, 4) is 0 Å². The molecule has 0 aliphatic carbocycles. The molecule has 0 bridgehead atoms. The summed E-state index contributed by atoms with van der Waals surface area (Å²) in [7, 11) is -1.30. The van der Waals surface area contributed by atoms with Crippen LogP contribution in [0.2, 0.25) is 0 Å². The summed E-state index contributed by atoms with van der Waals surface area (Å²) in [5, 5.41) is 8.06. The maximum atomic E-state index is 12.5. The van der Waals surface area contributed by atoms with Gasteiger partial charge in [-0.05, 0) is 18.1 Å². The number of rotatable bonds is 8. The van der Waals surface area contributed by atoms with E-state index >= 15 is 0 Å². The summed E-state index contributed by atoms with van der Waals surface area (Å²) in [4.78, 5) is 2.68. The van der Waals surface area contributed by atoms with Crippen molar-refractivity contribution in [2.24, 2.45) is 7.05 Å². The van der Waals surface area contributed by atoms with E-state index in [2.05, 4.69) is 24.1 Å². The van der Waals surface area contributed by atoms with Crippen molar-refractivity contribution in [2.75, 3.05) is 43.5 Å². The van der Waals surface area contributed by atoms with E-state index < -0.39 is 9.84 Å². The number of nitrogens with zero attached hydrogens (tertiary/aromatic N) is 3. The smallest absolute Gasteiger partial charge is 0.179 e. The van der Waals surface area contributed by atoms with Crippen molar-refractivity contribution in [1.29, 1.82) is 0 Å². The molecule has 1 aromatic carbocycles. The molecule has 0 spiro atoms. The van der Waals surface area contributed by atoms with Gasteiger partial charge in [-0.2, -0.15) is 5.10 Å². The monoisotopic (exact) mass is 406 g/mol. The van der Waals surface area contributed by atoms with Crippen LogP contribution < -0.4 is 10.2 Å². The molecule has 1 saturated heterocycles. The van der Waals surface area contributed by atoms with Gasteiger partial charge in [0, 0.05) is 38.8 Å². The Labute approximate surface area is 167 Å². The first kappa shape index (κ1) is 20.8. The Hall–Kier alpha value is -1.90. The van der Waals surface area contributed by atoms with Gasteiger partial charge in [0.2, 0.25) is 0 Å². The van der Waals surface area contributed by atoms with E-state index in [1.807, 2.05) is 17.8 Å². The number of nitrogens with one attached hydrogen (secondary N) is 1. The number of morpholine rings is 1. The number of benzene rings is 1. The molecule has 0 saturated carbocycles. The predicted molar refractivity (Wildman–Crippen MR) is 111 cm³/mol. The second kappa shape index (κ2) is 9.07. The first-order valence-electron chi connectivity index (χ1n) is 9.77. The minimum Gasteiger partial charge on any atom is -0.378 e. The largest absolute Gasteiger partial charge is 0.378 e. The highest BCUT2D eigenvalue weighted by atomic mass is 32.2. The van der Waals surface area contributed by atoms with Gasteiger partial charge in [0.1, 0.15) is 5.82 Å². The molecule has 0 unspecified atom stereocenters. The van der Waals surface area contributed by atoms with E-state index in [1.165, 1.54) is 0 Å². The van der Waals surface area contributed by atoms with E-state index in [4.69, 9.17) is 9.84 Å². The highest BCUT2D eigenvalue weighted by Crippen LogP contribution is 2.28. The van der Waals surface area contributed by atoms with Gasteiger partial charge in [-0.25, -0.2) is 8.42 Å². The minimum atomic E-state index is -3.28. The maximum absolute atomic E-state index is 12.5. The van der Waals surface area contributed by atoms with E-state index in [0.717, 1.165) is 30.2 Å². The van der Waals surface area contributed by atoms with Crippen molar-refractivity contribution in [3.63, 3.8) is 0 Å². The van der Waals surface area contributed by atoms with Crippen molar-refractivity contribution in [3.05, 3.63) is 41.6 Å². The molecule has 1 aliphatic rings. The van der Waals surface area contributed by atoms with Crippen molar-refractivity contribution >= 4 is 15.7 Å². The zero-order chi connectivity index (χ0) is 20.1. The summed E-state index contributed by atoms with van der Waals surface area (Å²) in [5.41, 5.74) is 2.21. The predicted octanol–water partition coefficient (Wildman–Crippen LogP) is 1.94. The number of aryl methyl sites for hydroxylation is 1. The van der Waals surface area contributed by atoms with Crippen LogP contribution in [0.4, 0.5) is 5.82 Å². The molecular weight excluding hydrogens is 376 g/mol. The molecule has 2 heterocycles. The zero-order valence-corrected chi connectivity index (χ0v) is 17.7. The van der Waals surface area contributed by atoms with Gasteiger partial charge in [-0.15, -0.1) is 0 Å². The fourth-order valence-corrected chi connectivity index (χ4v) is 4.77. The molecule has 0 amide bonds. The summed E-state index contributed by atoms with van der Waals surface area (Å²) in [5.74, 6) is 1.47. The lowest BCUT2D eigenvalue weighted by Gasteiger charge is -2.29. The van der Waals surface area contributed by atoms with Crippen LogP contribution in [0.1, 0.15) is 31.0 Å². The molecule has 0 atom stereocenters. The second-order valence-corrected chi connectivity index (χ2v) is 9.48. The van der Waals surface area contributed by atoms with Gasteiger partial charge in [-0.1, -0.05) is 32.0 Å². The Morgan fingerprint density at radius 2 is 1.86 bits per heavy atom. The van der Waals surface area contributed by atoms with Crippen LogP contribution in [0.25, 0.3) is 0 Å². The van der Waals surface area contributed by atoms with Crippen LogP contribution in [0.3, 0.4) is 0 Å². The summed E-state index contributed by atoms with van der Waals surface area (Å²) >= 11 is 0. The Balaban J connectivity index is 1.69. The fourth-order valence-electron chi connectivity index (χ4n) is 3.55. The van der Waals surface area contributed by atoms with Crippen LogP contribution in [0.15, 0.2) is 35.2 Å². The molecule has 1 N–H and O–H groups in total. The molecule has 2 aromatic rings. The summed E-state index contributed by atoms with van der Waals surface area (Å²) in [6.45, 7) is 8.36. The Bertz CT molecular complexity index is 872. The standard InChI is InChI=1S/C20H30N4O3S/c1-16(2)19-18(20(23(3)22-19)24-10-12-27-13-11-24)15-21-9-14-28(25,26)17-7-5-4-6-8-17/h4-8,16,21H,9-15H2,1-3H3. The number of hydrogen-bond donors (Lipinski definition) is 1. The third-order valence-corrected chi connectivity index (χ3v) is 6.68. The summed E-state index contributed by atoms with van der Waals surface area (Å²) < 4.78 is 32.3. The van der Waals surface area contributed by atoms with Gasteiger partial charge < -0.3 is 15.0 Å². The Morgan fingerprint density at radius 1 is 1.18 bits per heavy atom. The Morgan fingerprint density at radius 3 is 2.50 bits per heavy atom. The summed E-state index contributed by atoms with van der Waals surface area (Å²) in [6.07, 6.45) is 0. The third kappa shape index (κ3) is 4.74. The molecule has 1 aromatic heterocycles. The third-order valence-electron chi connectivity index (χ3n) is 4.95. The maximum Gasteiger partial charge on any atom is 0.179 e. The molecule has 7 nitrogen and oxygen atoms in total. The van der Waals surface area contributed by atoms with Gasteiger partial charge in [0.05, 0.1) is 29.6 Å². The highest BCUT2D eigenvalue weighted by molar-refractivity contribution is 7.91. The van der Waals surface area contributed by atoms with Gasteiger partial charge in [0.25, 0.3) is 0 Å². The molecule has 28 heavy (non-hydrogen) atoms. The SMILES string of the molecule is CC(C)c1nn(C)c(N2CCOCC2)c1CNCCS(=O)(=O)c1ccccc1. The van der Waals surface area contributed by atoms with E-state index in [-0.39, 0.29) is 5.75 Å². The molecule has 1 aliphatic heterocycles. The fraction of sp³-hybridized carbons (Fsp3) is 0.550. The highest BCUT2D eigenvalue weighted by Gasteiger charge is 2.24. The number of hydrogen-bond acceptors (Lipinski definition) is 6. The van der Waals surface area contributed by atoms with Crippen LogP contribution in [0.5, 0.6) is 0 Å². The quantitative estimate of drug-likeness (QED) is 0.675. The van der Waals surface area contributed by atoms with Gasteiger partial charge >= 0.3 is 0 Å². The average molecular weight is 407 g/mol. The van der Waals surface area contributed by atoms with Crippen molar-refractivity contribution in [1.82, 2.24) is 15.1 Å². The number of aromatic nitrogens is 2. The van der Waals surface area contributed by atoms with E-state index in [0.29, 0.717) is 37.1 Å². The molecule has 8 heteroatoms. The second-order valence-electron chi connectivity index (χ2n) is 7.37. The number of sulfone groups is 1. The Kier molecular flexibility index (Phi) is 6.74. The van der Waals surface area contributed by atoms with Gasteiger partial charge in [-0.3, -0.25) is 4.68 Å². The van der Waals surface area contributed by atoms with Crippen LogP contribution in [-0.2, 0) is 28.2 Å². The van der Waals surface area contributed by atoms with E-state index in [9.17, 15) is 8.42 Å². The molecule has 0 radical (unpaired) electrons. The first-order valence-corrected chi connectivity index (χ1v) is 11.4. The van der Waals surface area contributed by atoms with Crippen LogP contribution >= 0.6 is 0 Å². The lowest BCUT2D eigenvalue weighted by Crippen LogP contribution is -2.38. The van der Waals surface area contributed by atoms with E-state index in [1.54, 1.807) is 24.3 Å². The molecule has 3 rings (SSSR count). The zero-order valence-electron chi connectivity index (χ0n) is 16.9. The van der Waals surface area contributed by atoms with Crippen LogP contribution in [0, 0.1) is 0 Å². The van der Waals surface area contributed by atoms with Crippen molar-refractivity contribution < 1.29 is 13.2 Å². The normalized spacial score (nSPS) is 15.4. The summed E-state index contributed by atoms with van der Waals surface area (Å²) in [6, 6.07) is 8.60. The van der Waals surface area contributed by atoms with Gasteiger partial charge in [0.15, 0.2) is 9.84 Å². The molecule has 1 fully saturated rings. The first-order chi connectivity index (χ1) is 13.4.